The van der Waals surface area contributed by atoms with E-state index in [9.17, 15) is 4.79 Å². The number of carbonyl (C=O) groups is 1. The number of fused-ring (bicyclic) bond motifs is 1. The van der Waals surface area contributed by atoms with Crippen LogP contribution in [-0.2, 0) is 11.2 Å². The topological polar surface area (TPSA) is 41.1 Å². The molecule has 3 nitrogen and oxygen atoms in total. The van der Waals surface area contributed by atoms with E-state index in [1.807, 2.05) is 6.07 Å². The Morgan fingerprint density at radius 1 is 1.35 bits per heavy atom. The minimum Gasteiger partial charge on any atom is -0.351 e. The van der Waals surface area contributed by atoms with Crippen LogP contribution in [0.1, 0.15) is 25.8 Å². The van der Waals surface area contributed by atoms with Crippen molar-refractivity contribution in [3.63, 3.8) is 0 Å². The summed E-state index contributed by atoms with van der Waals surface area (Å²) in [4.78, 5) is 13.8. The summed E-state index contributed by atoms with van der Waals surface area (Å²) in [5, 5.41) is 6.76. The molecule has 0 aliphatic carbocycles. The van der Waals surface area contributed by atoms with E-state index in [-0.39, 0.29) is 17.2 Å². The Balaban J connectivity index is 1.63. The monoisotopic (exact) mass is 290 g/mol. The normalized spacial score (nSPS) is 32.7. The molecular formula is C16H22N2OS. The Bertz CT molecular complexity index is 470. The SMILES string of the molecule is CC1CCNC(C)C1NC(=O)C1Cc2ccccc2S1. The third-order valence-electron chi connectivity index (χ3n) is 4.47. The molecule has 20 heavy (non-hydrogen) atoms. The molecule has 1 aromatic rings. The molecule has 1 aromatic carbocycles. The number of hydrogen-bond acceptors (Lipinski definition) is 3. The van der Waals surface area contributed by atoms with E-state index in [4.69, 9.17) is 0 Å². The van der Waals surface area contributed by atoms with Gasteiger partial charge in [-0.3, -0.25) is 4.79 Å². The van der Waals surface area contributed by atoms with E-state index in [0.29, 0.717) is 12.0 Å². The lowest BCUT2D eigenvalue weighted by atomic mass is 9.89. The van der Waals surface area contributed by atoms with Crippen molar-refractivity contribution in [2.24, 2.45) is 5.92 Å². The number of piperidine rings is 1. The molecule has 4 heteroatoms. The molecule has 108 valence electrons. The van der Waals surface area contributed by atoms with Gasteiger partial charge in [0.1, 0.15) is 0 Å². The van der Waals surface area contributed by atoms with Crippen LogP contribution in [0.2, 0.25) is 0 Å². The summed E-state index contributed by atoms with van der Waals surface area (Å²) in [6.45, 7) is 5.45. The molecule has 2 heterocycles. The van der Waals surface area contributed by atoms with E-state index in [0.717, 1.165) is 19.4 Å². The van der Waals surface area contributed by atoms with Crippen molar-refractivity contribution in [3.8, 4) is 0 Å². The molecule has 0 bridgehead atoms. The highest BCUT2D eigenvalue weighted by molar-refractivity contribution is 8.01. The molecule has 4 unspecified atom stereocenters. The van der Waals surface area contributed by atoms with Crippen molar-refractivity contribution < 1.29 is 4.79 Å². The van der Waals surface area contributed by atoms with Gasteiger partial charge in [0.2, 0.25) is 5.91 Å². The van der Waals surface area contributed by atoms with Crippen LogP contribution in [0, 0.1) is 5.92 Å². The van der Waals surface area contributed by atoms with Crippen molar-refractivity contribution in [2.45, 2.75) is 48.9 Å². The number of nitrogens with one attached hydrogen (secondary N) is 2. The Hall–Kier alpha value is -1.00. The largest absolute Gasteiger partial charge is 0.351 e. The zero-order valence-electron chi connectivity index (χ0n) is 12.1. The quantitative estimate of drug-likeness (QED) is 0.877. The summed E-state index contributed by atoms with van der Waals surface area (Å²) in [6, 6.07) is 8.94. The van der Waals surface area contributed by atoms with Crippen LogP contribution >= 0.6 is 11.8 Å². The number of carbonyl (C=O) groups excluding carboxylic acids is 1. The Kier molecular flexibility index (Phi) is 4.03. The van der Waals surface area contributed by atoms with Crippen molar-refractivity contribution in [2.75, 3.05) is 6.54 Å². The molecule has 1 fully saturated rings. The molecule has 2 aliphatic heterocycles. The van der Waals surface area contributed by atoms with Gasteiger partial charge in [-0.2, -0.15) is 0 Å². The standard InChI is InChI=1S/C16H22N2OS/c1-10-7-8-17-11(2)15(10)18-16(19)14-9-12-5-3-4-6-13(12)20-14/h3-6,10-11,14-15,17H,7-9H2,1-2H3,(H,18,19). The van der Waals surface area contributed by atoms with Gasteiger partial charge in [0, 0.05) is 17.0 Å². The second-order valence-electron chi connectivity index (χ2n) is 5.96. The number of thioether (sulfide) groups is 1. The van der Waals surface area contributed by atoms with Crippen molar-refractivity contribution in [3.05, 3.63) is 29.8 Å². The fourth-order valence-electron chi connectivity index (χ4n) is 3.19. The maximum Gasteiger partial charge on any atom is 0.234 e. The van der Waals surface area contributed by atoms with Gasteiger partial charge in [-0.15, -0.1) is 11.8 Å². The summed E-state index contributed by atoms with van der Waals surface area (Å²) >= 11 is 1.70. The van der Waals surface area contributed by atoms with Crippen molar-refractivity contribution in [1.29, 1.82) is 0 Å². The predicted octanol–water partition coefficient (Wildman–Crippen LogP) is 2.21. The van der Waals surface area contributed by atoms with E-state index in [1.54, 1.807) is 11.8 Å². The first kappa shape index (κ1) is 14.0. The van der Waals surface area contributed by atoms with Crippen LogP contribution in [-0.4, -0.2) is 29.8 Å². The van der Waals surface area contributed by atoms with E-state index in [2.05, 4.69) is 42.7 Å². The van der Waals surface area contributed by atoms with Crippen LogP contribution in [0.15, 0.2) is 29.2 Å². The van der Waals surface area contributed by atoms with Gasteiger partial charge in [-0.1, -0.05) is 25.1 Å². The summed E-state index contributed by atoms with van der Waals surface area (Å²) in [5.41, 5.74) is 1.31. The highest BCUT2D eigenvalue weighted by Gasteiger charge is 2.33. The summed E-state index contributed by atoms with van der Waals surface area (Å²) < 4.78 is 0. The molecule has 0 spiro atoms. The molecule has 2 aliphatic rings. The van der Waals surface area contributed by atoms with Gasteiger partial charge < -0.3 is 10.6 Å². The fourth-order valence-corrected chi connectivity index (χ4v) is 4.40. The molecule has 2 N–H and O–H groups in total. The minimum absolute atomic E-state index is 0.0359. The van der Waals surface area contributed by atoms with Crippen LogP contribution in [0.5, 0.6) is 0 Å². The molecule has 0 aromatic heterocycles. The summed E-state index contributed by atoms with van der Waals surface area (Å²) in [5.74, 6) is 0.738. The van der Waals surface area contributed by atoms with Gasteiger partial charge >= 0.3 is 0 Å². The smallest absolute Gasteiger partial charge is 0.234 e. The number of rotatable bonds is 2. The van der Waals surface area contributed by atoms with Gasteiger partial charge in [0.15, 0.2) is 0 Å². The van der Waals surface area contributed by atoms with E-state index < -0.39 is 0 Å². The first-order valence-corrected chi connectivity index (χ1v) is 8.31. The van der Waals surface area contributed by atoms with Crippen molar-refractivity contribution in [1.82, 2.24) is 10.6 Å². The Morgan fingerprint density at radius 2 is 2.15 bits per heavy atom. The highest BCUT2D eigenvalue weighted by atomic mass is 32.2. The third kappa shape index (κ3) is 2.72. The lowest BCUT2D eigenvalue weighted by Crippen LogP contribution is -2.57. The highest BCUT2D eigenvalue weighted by Crippen LogP contribution is 2.37. The molecule has 1 saturated heterocycles. The second-order valence-corrected chi connectivity index (χ2v) is 7.21. The van der Waals surface area contributed by atoms with Gasteiger partial charge in [-0.25, -0.2) is 0 Å². The first-order chi connectivity index (χ1) is 9.65. The average molecular weight is 290 g/mol. The number of hydrogen-bond donors (Lipinski definition) is 2. The number of amides is 1. The third-order valence-corrected chi connectivity index (χ3v) is 5.78. The van der Waals surface area contributed by atoms with Crippen LogP contribution < -0.4 is 10.6 Å². The zero-order chi connectivity index (χ0) is 14.1. The maximum atomic E-state index is 12.5. The summed E-state index contributed by atoms with van der Waals surface area (Å²) in [6.07, 6.45) is 1.99. The Labute approximate surface area is 124 Å². The minimum atomic E-state index is 0.0359. The zero-order valence-corrected chi connectivity index (χ0v) is 12.9. The average Bonchev–Trinajstić information content (AvgIpc) is 2.87. The Morgan fingerprint density at radius 3 is 2.90 bits per heavy atom. The second kappa shape index (κ2) is 5.78. The van der Waals surface area contributed by atoms with E-state index >= 15 is 0 Å². The lowest BCUT2D eigenvalue weighted by Gasteiger charge is -2.36. The molecule has 1 amide bonds. The molecule has 4 atom stereocenters. The lowest BCUT2D eigenvalue weighted by molar-refractivity contribution is -0.122. The number of benzene rings is 1. The van der Waals surface area contributed by atoms with Crippen molar-refractivity contribution >= 4 is 17.7 Å². The van der Waals surface area contributed by atoms with Crippen LogP contribution in [0.25, 0.3) is 0 Å². The molecule has 0 radical (unpaired) electrons. The van der Waals surface area contributed by atoms with Crippen LogP contribution in [0.4, 0.5) is 0 Å². The predicted molar refractivity (Wildman–Crippen MR) is 83.0 cm³/mol. The molecule has 0 saturated carbocycles. The maximum absolute atomic E-state index is 12.5. The fraction of sp³-hybridized carbons (Fsp3) is 0.562. The van der Waals surface area contributed by atoms with Gasteiger partial charge in [-0.05, 0) is 43.9 Å². The summed E-state index contributed by atoms with van der Waals surface area (Å²) in [7, 11) is 0. The molecular weight excluding hydrogens is 268 g/mol. The van der Waals surface area contributed by atoms with Gasteiger partial charge in [0.05, 0.1) is 5.25 Å². The van der Waals surface area contributed by atoms with Crippen LogP contribution in [0.3, 0.4) is 0 Å². The van der Waals surface area contributed by atoms with E-state index in [1.165, 1.54) is 10.5 Å². The first-order valence-electron chi connectivity index (χ1n) is 7.43. The van der Waals surface area contributed by atoms with Gasteiger partial charge in [0.25, 0.3) is 0 Å². The molecule has 3 rings (SSSR count).